The van der Waals surface area contributed by atoms with E-state index in [1.165, 1.54) is 24.1 Å². The number of fused-ring (bicyclic) bond motifs is 1. The number of hydrogen-bond donors (Lipinski definition) is 0. The second-order valence-electron chi connectivity index (χ2n) is 4.46. The van der Waals surface area contributed by atoms with E-state index in [2.05, 4.69) is 4.74 Å². The molecule has 1 aliphatic carbocycles. The number of ether oxygens (including phenoxy) is 1. The van der Waals surface area contributed by atoms with Crippen LogP contribution in [-0.4, -0.2) is 30.8 Å². The van der Waals surface area contributed by atoms with Gasteiger partial charge in [-0.3, -0.25) is 9.59 Å². The van der Waals surface area contributed by atoms with Crippen molar-refractivity contribution in [1.29, 1.82) is 0 Å². The van der Waals surface area contributed by atoms with Crippen LogP contribution in [0.2, 0.25) is 0 Å². The highest BCUT2D eigenvalue weighted by Gasteiger charge is 2.44. The zero-order valence-corrected chi connectivity index (χ0v) is 9.80. The van der Waals surface area contributed by atoms with E-state index in [-0.39, 0.29) is 6.04 Å². The molecule has 2 aliphatic rings. The highest BCUT2D eigenvalue weighted by atomic mass is 16.5. The van der Waals surface area contributed by atoms with Crippen molar-refractivity contribution in [2.75, 3.05) is 12.0 Å². The summed E-state index contributed by atoms with van der Waals surface area (Å²) < 4.78 is 4.63. The molecule has 0 spiro atoms. The zero-order chi connectivity index (χ0) is 12.9. The summed E-state index contributed by atoms with van der Waals surface area (Å²) >= 11 is 0. The Morgan fingerprint density at radius 3 is 2.67 bits per heavy atom. The van der Waals surface area contributed by atoms with Gasteiger partial charge >= 0.3 is 5.97 Å². The lowest BCUT2D eigenvalue weighted by Crippen LogP contribution is -2.31. The molecule has 0 saturated heterocycles. The maximum atomic E-state index is 11.9. The van der Waals surface area contributed by atoms with E-state index in [0.717, 1.165) is 12.8 Å². The molecule has 5 nitrogen and oxygen atoms in total. The van der Waals surface area contributed by atoms with Crippen molar-refractivity contribution in [2.24, 2.45) is 0 Å². The molecule has 0 bridgehead atoms. The maximum Gasteiger partial charge on any atom is 0.337 e. The fraction of sp³-hybridized carbons (Fsp3) is 0.308. The van der Waals surface area contributed by atoms with Crippen LogP contribution in [0.3, 0.4) is 0 Å². The van der Waals surface area contributed by atoms with Crippen LogP contribution in [0.1, 0.15) is 33.6 Å². The summed E-state index contributed by atoms with van der Waals surface area (Å²) in [5, 5.41) is 0. The molecular weight excluding hydrogens is 234 g/mol. The monoisotopic (exact) mass is 245 g/mol. The second kappa shape index (κ2) is 3.66. The topological polar surface area (TPSA) is 63.7 Å². The Kier molecular flexibility index (Phi) is 2.23. The molecule has 1 aliphatic heterocycles. The normalized spacial score (nSPS) is 17.9. The number of ketones is 1. The van der Waals surface area contributed by atoms with Crippen LogP contribution in [0.15, 0.2) is 18.2 Å². The average molecular weight is 245 g/mol. The fourth-order valence-corrected chi connectivity index (χ4v) is 2.20. The maximum absolute atomic E-state index is 11.9. The SMILES string of the molecule is COC(=O)c1ccc2c(c1)N(C1CC1)C(=O)C2=O. The molecular formula is C13H11NO4. The molecule has 0 atom stereocenters. The summed E-state index contributed by atoms with van der Waals surface area (Å²) in [6, 6.07) is 4.69. The summed E-state index contributed by atoms with van der Waals surface area (Å²) in [5.74, 6) is -1.46. The number of Topliss-reactive ketones (excluding diaryl/α,β-unsaturated/α-hetero) is 1. The predicted molar refractivity (Wildman–Crippen MR) is 62.6 cm³/mol. The van der Waals surface area contributed by atoms with Crippen molar-refractivity contribution >= 4 is 23.3 Å². The van der Waals surface area contributed by atoms with Gasteiger partial charge < -0.3 is 9.64 Å². The van der Waals surface area contributed by atoms with Crippen LogP contribution in [-0.2, 0) is 9.53 Å². The van der Waals surface area contributed by atoms with Gasteiger partial charge in [0.15, 0.2) is 0 Å². The molecule has 1 heterocycles. The number of amides is 1. The van der Waals surface area contributed by atoms with Crippen LogP contribution < -0.4 is 4.90 Å². The number of benzene rings is 1. The standard InChI is InChI=1S/C13H11NO4/c1-18-13(17)7-2-5-9-10(6-7)14(8-3-4-8)12(16)11(9)15/h2,5-6,8H,3-4H2,1H3. The van der Waals surface area contributed by atoms with E-state index in [1.54, 1.807) is 6.07 Å². The Morgan fingerprint density at radius 2 is 2.06 bits per heavy atom. The molecule has 1 amide bonds. The minimum atomic E-state index is -0.492. The van der Waals surface area contributed by atoms with E-state index < -0.39 is 17.7 Å². The van der Waals surface area contributed by atoms with Crippen LogP contribution in [0.5, 0.6) is 0 Å². The van der Waals surface area contributed by atoms with Gasteiger partial charge in [0.1, 0.15) is 0 Å². The molecule has 0 aromatic heterocycles. The highest BCUT2D eigenvalue weighted by Crippen LogP contribution is 2.38. The van der Waals surface area contributed by atoms with Crippen molar-refractivity contribution in [1.82, 2.24) is 0 Å². The Labute approximate surface area is 103 Å². The van der Waals surface area contributed by atoms with E-state index in [1.807, 2.05) is 0 Å². The summed E-state index contributed by atoms with van der Waals surface area (Å²) in [6.07, 6.45) is 1.81. The average Bonchev–Trinajstić information content (AvgIpc) is 3.18. The van der Waals surface area contributed by atoms with Crippen molar-refractivity contribution in [3.05, 3.63) is 29.3 Å². The summed E-state index contributed by atoms with van der Waals surface area (Å²) in [7, 11) is 1.30. The van der Waals surface area contributed by atoms with E-state index in [0.29, 0.717) is 16.8 Å². The van der Waals surface area contributed by atoms with Gasteiger partial charge in [0, 0.05) is 6.04 Å². The molecule has 18 heavy (non-hydrogen) atoms. The molecule has 3 rings (SSSR count). The molecule has 5 heteroatoms. The lowest BCUT2D eigenvalue weighted by atomic mass is 10.1. The van der Waals surface area contributed by atoms with Crippen LogP contribution >= 0.6 is 0 Å². The minimum Gasteiger partial charge on any atom is -0.465 e. The number of nitrogens with zero attached hydrogens (tertiary/aromatic N) is 1. The quantitative estimate of drug-likeness (QED) is 0.579. The third kappa shape index (κ3) is 1.44. The molecule has 1 fully saturated rings. The molecule has 0 radical (unpaired) electrons. The van der Waals surface area contributed by atoms with Crippen LogP contribution in [0.4, 0.5) is 5.69 Å². The molecule has 1 saturated carbocycles. The number of rotatable bonds is 2. The molecule has 92 valence electrons. The van der Waals surface area contributed by atoms with E-state index >= 15 is 0 Å². The van der Waals surface area contributed by atoms with E-state index in [9.17, 15) is 14.4 Å². The first-order valence-electron chi connectivity index (χ1n) is 5.73. The van der Waals surface area contributed by atoms with E-state index in [4.69, 9.17) is 0 Å². The van der Waals surface area contributed by atoms with Gasteiger partial charge in [-0.05, 0) is 31.0 Å². The Hall–Kier alpha value is -2.17. The minimum absolute atomic E-state index is 0.107. The largest absolute Gasteiger partial charge is 0.465 e. The number of anilines is 1. The van der Waals surface area contributed by atoms with Crippen molar-refractivity contribution in [3.63, 3.8) is 0 Å². The summed E-state index contributed by atoms with van der Waals surface area (Å²) in [4.78, 5) is 36.6. The smallest absolute Gasteiger partial charge is 0.337 e. The predicted octanol–water partition coefficient (Wildman–Crippen LogP) is 1.16. The van der Waals surface area contributed by atoms with Crippen LogP contribution in [0.25, 0.3) is 0 Å². The number of methoxy groups -OCH3 is 1. The second-order valence-corrected chi connectivity index (χ2v) is 4.46. The Bertz CT molecular complexity index is 574. The van der Waals surface area contributed by atoms with Gasteiger partial charge in [-0.1, -0.05) is 0 Å². The number of carbonyl (C=O) groups is 3. The first-order chi connectivity index (χ1) is 8.63. The Balaban J connectivity index is 2.09. The zero-order valence-electron chi connectivity index (χ0n) is 9.80. The number of carbonyl (C=O) groups excluding carboxylic acids is 3. The molecule has 1 aromatic rings. The lowest BCUT2D eigenvalue weighted by molar-refractivity contribution is -0.114. The van der Waals surface area contributed by atoms with Crippen molar-refractivity contribution < 1.29 is 19.1 Å². The van der Waals surface area contributed by atoms with Gasteiger partial charge in [0.25, 0.3) is 11.7 Å². The number of esters is 1. The third-order valence-electron chi connectivity index (χ3n) is 3.25. The van der Waals surface area contributed by atoms with Crippen molar-refractivity contribution in [2.45, 2.75) is 18.9 Å². The molecule has 0 unspecified atom stereocenters. The lowest BCUT2D eigenvalue weighted by Gasteiger charge is -2.15. The molecule has 1 aromatic carbocycles. The molecule has 0 N–H and O–H groups in total. The summed E-state index contributed by atoms with van der Waals surface area (Å²) in [5.41, 5.74) is 1.26. The van der Waals surface area contributed by atoms with Gasteiger partial charge in [-0.15, -0.1) is 0 Å². The fourth-order valence-electron chi connectivity index (χ4n) is 2.20. The van der Waals surface area contributed by atoms with Gasteiger partial charge in [-0.2, -0.15) is 0 Å². The summed E-state index contributed by atoms with van der Waals surface area (Å²) in [6.45, 7) is 0. The first kappa shape index (κ1) is 11.0. The van der Waals surface area contributed by atoms with Crippen LogP contribution in [0, 0.1) is 0 Å². The third-order valence-corrected chi connectivity index (χ3v) is 3.25. The highest BCUT2D eigenvalue weighted by molar-refractivity contribution is 6.52. The van der Waals surface area contributed by atoms with Gasteiger partial charge in [-0.25, -0.2) is 4.79 Å². The van der Waals surface area contributed by atoms with Gasteiger partial charge in [0.05, 0.1) is 23.9 Å². The van der Waals surface area contributed by atoms with Crippen molar-refractivity contribution in [3.8, 4) is 0 Å². The Morgan fingerprint density at radius 1 is 1.33 bits per heavy atom. The first-order valence-corrected chi connectivity index (χ1v) is 5.73. The van der Waals surface area contributed by atoms with Gasteiger partial charge in [0.2, 0.25) is 0 Å². The number of hydrogen-bond acceptors (Lipinski definition) is 4.